The molecule has 0 unspecified atom stereocenters. The maximum atomic E-state index is 12.7. The van der Waals surface area contributed by atoms with Crippen molar-refractivity contribution in [1.82, 2.24) is 9.55 Å². The molecule has 0 bridgehead atoms. The lowest BCUT2D eigenvalue weighted by atomic mass is 9.89. The fourth-order valence-electron chi connectivity index (χ4n) is 3.30. The molecule has 0 aliphatic carbocycles. The second-order valence-electron chi connectivity index (χ2n) is 12.3. The van der Waals surface area contributed by atoms with Gasteiger partial charge in [0.15, 0.2) is 22.9 Å². The van der Waals surface area contributed by atoms with Crippen molar-refractivity contribution in [3.8, 4) is 6.07 Å². The third kappa shape index (κ3) is 5.63. The molecule has 0 radical (unpaired) electrons. The predicted octanol–water partition coefficient (Wildman–Crippen LogP) is 3.78. The van der Waals surface area contributed by atoms with E-state index in [1.807, 2.05) is 0 Å². The summed E-state index contributed by atoms with van der Waals surface area (Å²) in [6.07, 6.45) is -1.57. The summed E-state index contributed by atoms with van der Waals surface area (Å²) in [7, 11) is -4.63. The lowest BCUT2D eigenvalue weighted by Crippen LogP contribution is -2.56. The monoisotopic (exact) mass is 510 g/mol. The van der Waals surface area contributed by atoms with Gasteiger partial charge < -0.3 is 24.4 Å². The Labute approximate surface area is 205 Å². The van der Waals surface area contributed by atoms with Crippen LogP contribution in [0.1, 0.15) is 54.2 Å². The van der Waals surface area contributed by atoms with Gasteiger partial charge in [-0.3, -0.25) is 4.57 Å². The molecule has 9 nitrogen and oxygen atoms in total. The first-order chi connectivity index (χ1) is 15.3. The van der Waals surface area contributed by atoms with Gasteiger partial charge in [0.25, 0.3) is 0 Å². The third-order valence-corrected chi connectivity index (χ3v) is 16.7. The number of nitriles is 1. The maximum absolute atomic E-state index is 12.7. The van der Waals surface area contributed by atoms with Gasteiger partial charge in [-0.15, -0.1) is 0 Å². The Morgan fingerprint density at radius 2 is 1.76 bits per heavy atom. The average molecular weight is 511 g/mol. The first-order valence-electron chi connectivity index (χ1n) is 11.7. The van der Waals surface area contributed by atoms with Crippen molar-refractivity contribution in [2.45, 2.75) is 108 Å². The lowest BCUT2D eigenvalue weighted by molar-refractivity contribution is -0.0854. The SMILES string of the molecule is CC(C)(C)[Si](C)(C)OC[C@H]1O[C@@H](n2ccc(N)nc2=O)[C@H](O[Si](C)(C)C(C)(C)C)[C@@]1(O)CC#N. The molecule has 2 rings (SSSR count). The fourth-order valence-corrected chi connectivity index (χ4v) is 5.61. The van der Waals surface area contributed by atoms with E-state index in [0.717, 1.165) is 0 Å². The molecule has 4 atom stereocenters. The van der Waals surface area contributed by atoms with E-state index in [2.05, 4.69) is 78.8 Å². The molecule has 1 aliphatic heterocycles. The van der Waals surface area contributed by atoms with Crippen LogP contribution in [0.15, 0.2) is 17.1 Å². The summed E-state index contributed by atoms with van der Waals surface area (Å²) in [6, 6.07) is 3.59. The Bertz CT molecular complexity index is 977. The van der Waals surface area contributed by atoms with Crippen molar-refractivity contribution in [2.75, 3.05) is 12.3 Å². The summed E-state index contributed by atoms with van der Waals surface area (Å²) < 4.78 is 20.6. The molecular weight excluding hydrogens is 468 g/mol. The predicted molar refractivity (Wildman–Crippen MR) is 137 cm³/mol. The molecule has 1 aliphatic rings. The molecule has 0 amide bonds. The molecule has 1 aromatic heterocycles. The van der Waals surface area contributed by atoms with Crippen LogP contribution in [0.5, 0.6) is 0 Å². The standard InChI is InChI=1S/C23H42N4O5Si2/c1-21(2,3)33(7,8)30-15-16-23(29,12-13-24)18(32-34(9,10)22(4,5)6)19(31-16)27-14-11-17(25)26-20(27)28/h11,14,16,18-19,29H,12,15H2,1-10H3,(H2,25,26,28)/t16-,18+,19-,23-/m1/s1. The molecule has 34 heavy (non-hydrogen) atoms. The van der Waals surface area contributed by atoms with E-state index in [0.29, 0.717) is 0 Å². The topological polar surface area (TPSA) is 133 Å². The van der Waals surface area contributed by atoms with Gasteiger partial charge in [-0.25, -0.2) is 4.79 Å². The van der Waals surface area contributed by atoms with Crippen LogP contribution in [0.3, 0.4) is 0 Å². The normalized spacial score (nSPS) is 26.5. The lowest BCUT2D eigenvalue weighted by Gasteiger charge is -2.43. The number of hydrogen-bond acceptors (Lipinski definition) is 8. The van der Waals surface area contributed by atoms with E-state index < -0.39 is 46.4 Å². The Balaban J connectivity index is 2.57. The number of ether oxygens (including phenoxy) is 1. The minimum absolute atomic E-state index is 0.0484. The van der Waals surface area contributed by atoms with Crippen LogP contribution in [0.2, 0.25) is 36.3 Å². The highest BCUT2D eigenvalue weighted by molar-refractivity contribution is 6.74. The molecular formula is C23H42N4O5Si2. The number of aromatic nitrogens is 2. The highest BCUT2D eigenvalue weighted by Gasteiger charge is 2.60. The highest BCUT2D eigenvalue weighted by Crippen LogP contribution is 2.47. The Morgan fingerprint density at radius 3 is 2.24 bits per heavy atom. The van der Waals surface area contributed by atoms with Gasteiger partial charge in [-0.05, 0) is 42.3 Å². The second kappa shape index (κ2) is 9.48. The zero-order valence-corrected chi connectivity index (χ0v) is 24.3. The molecule has 3 N–H and O–H groups in total. The van der Waals surface area contributed by atoms with Crippen molar-refractivity contribution >= 4 is 22.5 Å². The van der Waals surface area contributed by atoms with Gasteiger partial charge in [-0.1, -0.05) is 41.5 Å². The van der Waals surface area contributed by atoms with Crippen LogP contribution >= 0.6 is 0 Å². The Hall–Kier alpha value is -1.56. The Kier molecular flexibility index (Phi) is 8.00. The van der Waals surface area contributed by atoms with Crippen molar-refractivity contribution in [1.29, 1.82) is 5.26 Å². The molecule has 11 heteroatoms. The van der Waals surface area contributed by atoms with Crippen molar-refractivity contribution in [2.24, 2.45) is 0 Å². The summed E-state index contributed by atoms with van der Waals surface area (Å²) in [4.78, 5) is 16.6. The van der Waals surface area contributed by atoms with E-state index in [-0.39, 0.29) is 28.9 Å². The fraction of sp³-hybridized carbons (Fsp3) is 0.783. The molecule has 0 saturated carbocycles. The van der Waals surface area contributed by atoms with Crippen LogP contribution in [0, 0.1) is 11.3 Å². The second-order valence-corrected chi connectivity index (χ2v) is 21.8. The molecule has 1 fully saturated rings. The molecule has 1 saturated heterocycles. The summed E-state index contributed by atoms with van der Waals surface area (Å²) in [6.45, 7) is 21.1. The number of nitrogens with zero attached hydrogens (tertiary/aromatic N) is 3. The largest absolute Gasteiger partial charge is 0.414 e. The van der Waals surface area contributed by atoms with Crippen LogP contribution in [-0.4, -0.2) is 55.7 Å². The van der Waals surface area contributed by atoms with E-state index in [4.69, 9.17) is 19.3 Å². The summed E-state index contributed by atoms with van der Waals surface area (Å²) in [5.74, 6) is 0.0891. The third-order valence-electron chi connectivity index (χ3n) is 7.73. The number of nitrogen functional groups attached to an aromatic ring is 1. The number of hydrogen-bond donors (Lipinski definition) is 2. The number of aliphatic hydroxyl groups is 1. The van der Waals surface area contributed by atoms with E-state index in [1.54, 1.807) is 0 Å². The first kappa shape index (κ1) is 28.7. The van der Waals surface area contributed by atoms with Crippen LogP contribution < -0.4 is 11.4 Å². The molecule has 1 aromatic rings. The van der Waals surface area contributed by atoms with Crippen molar-refractivity contribution in [3.05, 3.63) is 22.7 Å². The number of rotatable bonds is 7. The summed E-state index contributed by atoms with van der Waals surface area (Å²) >= 11 is 0. The van der Waals surface area contributed by atoms with E-state index >= 15 is 0 Å². The van der Waals surface area contributed by atoms with Gasteiger partial charge in [0.05, 0.1) is 19.1 Å². The Morgan fingerprint density at radius 1 is 1.21 bits per heavy atom. The number of nitrogens with two attached hydrogens (primary N) is 1. The van der Waals surface area contributed by atoms with Crippen LogP contribution in [-0.2, 0) is 13.6 Å². The minimum Gasteiger partial charge on any atom is -0.414 e. The zero-order chi connectivity index (χ0) is 26.3. The number of anilines is 1. The van der Waals surface area contributed by atoms with E-state index in [9.17, 15) is 15.2 Å². The van der Waals surface area contributed by atoms with Crippen LogP contribution in [0.4, 0.5) is 5.82 Å². The maximum Gasteiger partial charge on any atom is 0.351 e. The molecule has 0 spiro atoms. The highest BCUT2D eigenvalue weighted by atomic mass is 28.4. The summed E-state index contributed by atoms with van der Waals surface area (Å²) in [5.41, 5.74) is 3.39. The minimum atomic E-state index is -2.45. The summed E-state index contributed by atoms with van der Waals surface area (Å²) in [5, 5.41) is 21.4. The first-order valence-corrected chi connectivity index (χ1v) is 17.5. The van der Waals surface area contributed by atoms with Gasteiger partial charge in [0, 0.05) is 6.20 Å². The van der Waals surface area contributed by atoms with Crippen molar-refractivity contribution < 1.29 is 18.7 Å². The smallest absolute Gasteiger partial charge is 0.351 e. The quantitative estimate of drug-likeness (QED) is 0.530. The van der Waals surface area contributed by atoms with Gasteiger partial charge in [0.2, 0.25) is 0 Å². The molecule has 2 heterocycles. The van der Waals surface area contributed by atoms with Gasteiger partial charge >= 0.3 is 5.69 Å². The van der Waals surface area contributed by atoms with Gasteiger partial charge in [0.1, 0.15) is 23.6 Å². The molecule has 0 aromatic carbocycles. The van der Waals surface area contributed by atoms with E-state index in [1.165, 1.54) is 16.8 Å². The molecule has 192 valence electrons. The van der Waals surface area contributed by atoms with Crippen LogP contribution in [0.25, 0.3) is 0 Å². The van der Waals surface area contributed by atoms with Crippen molar-refractivity contribution in [3.63, 3.8) is 0 Å². The zero-order valence-electron chi connectivity index (χ0n) is 22.3. The van der Waals surface area contributed by atoms with Gasteiger partial charge in [-0.2, -0.15) is 10.2 Å². The average Bonchev–Trinajstić information content (AvgIpc) is 2.90.